The Morgan fingerprint density at radius 1 is 1.05 bits per heavy atom. The molecule has 38 heavy (non-hydrogen) atoms. The molecule has 5 N–H and O–H groups in total. The van der Waals surface area contributed by atoms with E-state index in [0.29, 0.717) is 6.42 Å². The molecule has 0 spiro atoms. The molecule has 0 saturated heterocycles. The molecule has 0 fully saturated rings. The standard InChI is InChI=1S/C32H49NO5/c1-8-9-13-23(4)31(38-32(33)37)26(7)30(36)25(6)19-21(2)18-24(5)29(35)22(3)14-10-11-15-27-16-12-17-28(34)20-27/h8-10,12-14,16-18,20,22-26,29-31,34-36H,1,11,15,19H2,2-7H3,(H2,33,37)/b13-9-,14-10+,21-18-/t22-,23-,24-,25-,26-,29-,30+,31-/m0/s1. The second-order valence-electron chi connectivity index (χ2n) is 10.8. The van der Waals surface area contributed by atoms with Crippen molar-refractivity contribution in [2.75, 3.05) is 0 Å². The number of aliphatic hydroxyl groups excluding tert-OH is 2. The van der Waals surface area contributed by atoms with E-state index in [2.05, 4.69) is 18.7 Å². The SMILES string of the molecule is C=C/C=C\[C@H](C)[C@H](OC(N)=O)[C@@H](C)[C@H](O)[C@@H](C)C/C(C)=C\[C@H](C)[C@@H](O)[C@@H](C)/C=C/CCc1cccc(O)c1. The van der Waals surface area contributed by atoms with E-state index in [4.69, 9.17) is 10.5 Å². The zero-order chi connectivity index (χ0) is 28.8. The number of benzene rings is 1. The average Bonchev–Trinajstić information content (AvgIpc) is 2.86. The van der Waals surface area contributed by atoms with Crippen LogP contribution >= 0.6 is 0 Å². The molecule has 0 heterocycles. The van der Waals surface area contributed by atoms with Gasteiger partial charge in [0, 0.05) is 23.7 Å². The lowest BCUT2D eigenvalue weighted by atomic mass is 9.81. The molecule has 6 heteroatoms. The summed E-state index contributed by atoms with van der Waals surface area (Å²) < 4.78 is 5.37. The number of aliphatic hydroxyl groups is 2. The lowest BCUT2D eigenvalue weighted by Gasteiger charge is -2.33. The molecule has 1 amide bonds. The van der Waals surface area contributed by atoms with Crippen molar-refractivity contribution in [2.45, 2.75) is 79.1 Å². The number of rotatable bonds is 16. The molecule has 212 valence electrons. The van der Waals surface area contributed by atoms with E-state index in [9.17, 15) is 20.1 Å². The fourth-order valence-electron chi connectivity index (χ4n) is 5.01. The summed E-state index contributed by atoms with van der Waals surface area (Å²) in [5.74, 6) is -0.358. The molecule has 1 rings (SSSR count). The predicted octanol–water partition coefficient (Wildman–Crippen LogP) is 6.33. The van der Waals surface area contributed by atoms with Crippen molar-refractivity contribution in [3.05, 3.63) is 78.4 Å². The molecule has 0 saturated carbocycles. The minimum atomic E-state index is -0.859. The second kappa shape index (κ2) is 16.9. The van der Waals surface area contributed by atoms with Gasteiger partial charge in [-0.1, -0.05) is 95.4 Å². The number of carbonyl (C=O) groups is 1. The Balaban J connectivity index is 2.70. The Morgan fingerprint density at radius 3 is 2.34 bits per heavy atom. The first-order valence-corrected chi connectivity index (χ1v) is 13.6. The largest absolute Gasteiger partial charge is 0.508 e. The maximum absolute atomic E-state index is 11.5. The van der Waals surface area contributed by atoms with Crippen LogP contribution in [-0.2, 0) is 11.2 Å². The molecule has 0 aliphatic rings. The molecular formula is C32H49NO5. The van der Waals surface area contributed by atoms with E-state index in [0.717, 1.165) is 24.0 Å². The van der Waals surface area contributed by atoms with Gasteiger partial charge in [-0.25, -0.2) is 4.79 Å². The van der Waals surface area contributed by atoms with Crippen LogP contribution in [0.5, 0.6) is 5.75 Å². The minimum Gasteiger partial charge on any atom is -0.508 e. The first kappa shape index (κ1) is 33.2. The van der Waals surface area contributed by atoms with Crippen LogP contribution in [0.15, 0.2) is 72.9 Å². The van der Waals surface area contributed by atoms with Gasteiger partial charge in [-0.3, -0.25) is 0 Å². The van der Waals surface area contributed by atoms with Gasteiger partial charge in [0.05, 0.1) is 12.2 Å². The Hall–Kier alpha value is -2.83. The molecule has 0 bridgehead atoms. The van der Waals surface area contributed by atoms with Gasteiger partial charge in [0.2, 0.25) is 0 Å². The van der Waals surface area contributed by atoms with Crippen LogP contribution in [0.25, 0.3) is 0 Å². The number of hydrogen-bond donors (Lipinski definition) is 4. The van der Waals surface area contributed by atoms with Crippen LogP contribution in [0.2, 0.25) is 0 Å². The topological polar surface area (TPSA) is 113 Å². The summed E-state index contributed by atoms with van der Waals surface area (Å²) in [6.45, 7) is 15.4. The third-order valence-corrected chi connectivity index (χ3v) is 7.18. The number of ether oxygens (including phenoxy) is 1. The maximum atomic E-state index is 11.5. The van der Waals surface area contributed by atoms with Gasteiger partial charge in [-0.15, -0.1) is 0 Å². The number of aryl methyl sites for hydroxylation is 1. The molecule has 1 aromatic rings. The number of carbonyl (C=O) groups excluding carboxylic acids is 1. The molecule has 0 aliphatic heterocycles. The normalized spacial score (nSPS) is 18.9. The number of phenolic OH excluding ortho intramolecular Hbond substituents is 1. The van der Waals surface area contributed by atoms with Crippen molar-refractivity contribution in [1.82, 2.24) is 0 Å². The van der Waals surface area contributed by atoms with Crippen LogP contribution in [0.3, 0.4) is 0 Å². The van der Waals surface area contributed by atoms with Gasteiger partial charge >= 0.3 is 6.09 Å². The van der Waals surface area contributed by atoms with Crippen molar-refractivity contribution < 1.29 is 24.9 Å². The summed E-state index contributed by atoms with van der Waals surface area (Å²) in [6, 6.07) is 7.26. The van der Waals surface area contributed by atoms with Crippen LogP contribution in [0.4, 0.5) is 4.79 Å². The second-order valence-corrected chi connectivity index (χ2v) is 10.8. The molecule has 0 radical (unpaired) electrons. The van der Waals surface area contributed by atoms with Crippen molar-refractivity contribution in [2.24, 2.45) is 35.3 Å². The van der Waals surface area contributed by atoms with Gasteiger partial charge in [-0.2, -0.15) is 0 Å². The van der Waals surface area contributed by atoms with Gasteiger partial charge in [0.1, 0.15) is 11.9 Å². The molecule has 0 aromatic heterocycles. The summed E-state index contributed by atoms with van der Waals surface area (Å²) >= 11 is 0. The van der Waals surface area contributed by atoms with Crippen LogP contribution in [0, 0.1) is 29.6 Å². The number of primary amides is 1. The van der Waals surface area contributed by atoms with E-state index in [1.165, 1.54) is 0 Å². The first-order chi connectivity index (χ1) is 17.9. The molecular weight excluding hydrogens is 478 g/mol. The van der Waals surface area contributed by atoms with Crippen molar-refractivity contribution in [1.29, 1.82) is 0 Å². The summed E-state index contributed by atoms with van der Waals surface area (Å²) in [5.41, 5.74) is 7.46. The summed E-state index contributed by atoms with van der Waals surface area (Å²) in [6.07, 6.45) is 11.2. The Labute approximate surface area is 229 Å². The Kier molecular flexibility index (Phi) is 14.8. The molecule has 0 aliphatic carbocycles. The lowest BCUT2D eigenvalue weighted by Crippen LogP contribution is -2.41. The summed E-state index contributed by atoms with van der Waals surface area (Å²) in [5, 5.41) is 31.5. The molecule has 6 nitrogen and oxygen atoms in total. The Morgan fingerprint density at radius 2 is 1.74 bits per heavy atom. The zero-order valence-corrected chi connectivity index (χ0v) is 24.0. The molecule has 1 aromatic carbocycles. The first-order valence-electron chi connectivity index (χ1n) is 13.6. The number of aromatic hydroxyl groups is 1. The third-order valence-electron chi connectivity index (χ3n) is 7.18. The molecule has 0 unspecified atom stereocenters. The van der Waals surface area contributed by atoms with E-state index < -0.39 is 24.4 Å². The van der Waals surface area contributed by atoms with E-state index in [1.54, 1.807) is 24.3 Å². The van der Waals surface area contributed by atoms with Gasteiger partial charge in [0.15, 0.2) is 0 Å². The fourth-order valence-corrected chi connectivity index (χ4v) is 5.01. The van der Waals surface area contributed by atoms with Crippen LogP contribution in [0.1, 0.15) is 59.9 Å². The van der Waals surface area contributed by atoms with Gasteiger partial charge in [0.25, 0.3) is 0 Å². The van der Waals surface area contributed by atoms with Gasteiger partial charge in [-0.05, 0) is 49.8 Å². The highest BCUT2D eigenvalue weighted by atomic mass is 16.6. The number of nitrogens with two attached hydrogens (primary N) is 1. The van der Waals surface area contributed by atoms with Crippen LogP contribution in [-0.4, -0.2) is 39.7 Å². The number of allylic oxidation sites excluding steroid dienone is 4. The highest BCUT2D eigenvalue weighted by Crippen LogP contribution is 2.29. The molecule has 8 atom stereocenters. The third kappa shape index (κ3) is 11.7. The minimum absolute atomic E-state index is 0.0157. The van der Waals surface area contributed by atoms with Crippen molar-refractivity contribution in [3.8, 4) is 5.75 Å². The van der Waals surface area contributed by atoms with Crippen LogP contribution < -0.4 is 5.73 Å². The predicted molar refractivity (Wildman–Crippen MR) is 156 cm³/mol. The lowest BCUT2D eigenvalue weighted by molar-refractivity contribution is -0.0266. The number of hydrogen-bond acceptors (Lipinski definition) is 5. The quantitative estimate of drug-likeness (QED) is 0.148. The van der Waals surface area contributed by atoms with E-state index in [-0.39, 0.29) is 35.3 Å². The average molecular weight is 528 g/mol. The zero-order valence-electron chi connectivity index (χ0n) is 24.0. The monoisotopic (exact) mass is 527 g/mol. The Bertz CT molecular complexity index is 953. The van der Waals surface area contributed by atoms with Gasteiger partial charge < -0.3 is 25.8 Å². The highest BCUT2D eigenvalue weighted by molar-refractivity contribution is 5.64. The maximum Gasteiger partial charge on any atom is 0.404 e. The van der Waals surface area contributed by atoms with Crippen molar-refractivity contribution >= 4 is 6.09 Å². The van der Waals surface area contributed by atoms with E-state index in [1.807, 2.05) is 65.8 Å². The summed E-state index contributed by atoms with van der Waals surface area (Å²) in [4.78, 5) is 11.5. The summed E-state index contributed by atoms with van der Waals surface area (Å²) in [7, 11) is 0. The van der Waals surface area contributed by atoms with E-state index >= 15 is 0 Å². The van der Waals surface area contributed by atoms with Crippen molar-refractivity contribution in [3.63, 3.8) is 0 Å². The smallest absolute Gasteiger partial charge is 0.404 e. The highest BCUT2D eigenvalue weighted by Gasteiger charge is 2.33. The number of amides is 1. The fraction of sp³-hybridized carbons (Fsp3) is 0.531. The number of phenols is 1.